The van der Waals surface area contributed by atoms with Gasteiger partial charge in [-0.2, -0.15) is 0 Å². The van der Waals surface area contributed by atoms with Gasteiger partial charge in [0.15, 0.2) is 6.10 Å². The van der Waals surface area contributed by atoms with Crippen LogP contribution in [-0.4, -0.2) is 29.5 Å². The number of amides is 1. The van der Waals surface area contributed by atoms with Crippen LogP contribution in [0, 0.1) is 0 Å². The van der Waals surface area contributed by atoms with Crippen LogP contribution in [0.2, 0.25) is 0 Å². The Kier molecular flexibility index (Phi) is 7.09. The van der Waals surface area contributed by atoms with Crippen molar-refractivity contribution in [2.24, 2.45) is 0 Å². The van der Waals surface area contributed by atoms with Crippen molar-refractivity contribution >= 4 is 29.4 Å². The summed E-state index contributed by atoms with van der Waals surface area (Å²) in [6, 6.07) is 15.0. The normalized spacial score (nSPS) is 16.4. The average molecular weight is 412 g/mol. The van der Waals surface area contributed by atoms with Crippen LogP contribution in [0.1, 0.15) is 54.2 Å². The lowest BCUT2D eigenvalue weighted by Crippen LogP contribution is -2.39. The van der Waals surface area contributed by atoms with E-state index in [1.54, 1.807) is 31.2 Å². The Hall–Kier alpha value is -2.60. The molecule has 29 heavy (non-hydrogen) atoms. The summed E-state index contributed by atoms with van der Waals surface area (Å²) in [6.07, 6.45) is 1.98. The molecule has 0 aromatic heterocycles. The molecule has 0 saturated heterocycles. The van der Waals surface area contributed by atoms with Crippen LogP contribution in [0.4, 0.5) is 0 Å². The van der Waals surface area contributed by atoms with Gasteiger partial charge in [-0.25, -0.2) is 4.79 Å². The number of benzene rings is 2. The summed E-state index contributed by atoms with van der Waals surface area (Å²) in [6.45, 7) is 3.08. The van der Waals surface area contributed by atoms with Gasteiger partial charge in [0.25, 0.3) is 5.91 Å². The first-order chi connectivity index (χ1) is 14.0. The van der Waals surface area contributed by atoms with Gasteiger partial charge >= 0.3 is 5.97 Å². The number of hydrogen-bond acceptors (Lipinski definition) is 5. The molecule has 5 nitrogen and oxygen atoms in total. The minimum atomic E-state index is -0.914. The van der Waals surface area contributed by atoms with Gasteiger partial charge in [-0.05, 0) is 56.4 Å². The summed E-state index contributed by atoms with van der Waals surface area (Å²) in [4.78, 5) is 37.2. The van der Waals surface area contributed by atoms with E-state index in [1.165, 1.54) is 24.2 Å². The fourth-order valence-electron chi connectivity index (χ4n) is 3.41. The van der Waals surface area contributed by atoms with Gasteiger partial charge in [0, 0.05) is 4.90 Å². The second-order valence-electron chi connectivity index (χ2n) is 7.19. The molecule has 1 amide bonds. The summed E-state index contributed by atoms with van der Waals surface area (Å²) in [7, 11) is 0. The number of hydrogen-bond donors (Lipinski definition) is 1. The van der Waals surface area contributed by atoms with Crippen molar-refractivity contribution in [1.82, 2.24) is 5.32 Å². The first kappa shape index (κ1) is 21.1. The molecular weight excluding hydrogens is 386 g/mol. The van der Waals surface area contributed by atoms with Crippen LogP contribution in [0.5, 0.6) is 0 Å². The SMILES string of the molecule is CC(=O)CSc1ccccc1C(=O)O[C@H](C)C(=O)N[C@@H]1CCCc2ccccc21. The zero-order valence-corrected chi connectivity index (χ0v) is 17.5. The molecule has 0 radical (unpaired) electrons. The molecule has 152 valence electrons. The molecule has 1 aliphatic rings. The Morgan fingerprint density at radius 3 is 2.66 bits per heavy atom. The molecule has 0 heterocycles. The molecule has 0 aliphatic heterocycles. The maximum absolute atomic E-state index is 12.6. The van der Waals surface area contributed by atoms with Gasteiger partial charge in [0.05, 0.1) is 17.4 Å². The highest BCUT2D eigenvalue weighted by atomic mass is 32.2. The Morgan fingerprint density at radius 2 is 1.86 bits per heavy atom. The fourth-order valence-corrected chi connectivity index (χ4v) is 4.25. The average Bonchev–Trinajstić information content (AvgIpc) is 2.72. The van der Waals surface area contributed by atoms with Gasteiger partial charge in [-0.3, -0.25) is 9.59 Å². The fraction of sp³-hybridized carbons (Fsp3) is 0.348. The molecule has 6 heteroatoms. The molecule has 2 aromatic rings. The smallest absolute Gasteiger partial charge is 0.340 e. The van der Waals surface area contributed by atoms with Crippen LogP contribution < -0.4 is 5.32 Å². The highest BCUT2D eigenvalue weighted by Crippen LogP contribution is 2.29. The third-order valence-electron chi connectivity index (χ3n) is 4.88. The highest BCUT2D eigenvalue weighted by Gasteiger charge is 2.26. The molecule has 0 spiro atoms. The molecule has 0 unspecified atom stereocenters. The highest BCUT2D eigenvalue weighted by molar-refractivity contribution is 8.00. The van der Waals surface area contributed by atoms with Crippen LogP contribution in [0.3, 0.4) is 0 Å². The Morgan fingerprint density at radius 1 is 1.14 bits per heavy atom. The first-order valence-electron chi connectivity index (χ1n) is 9.76. The lowest BCUT2D eigenvalue weighted by Gasteiger charge is -2.27. The molecule has 0 saturated carbocycles. The second-order valence-corrected chi connectivity index (χ2v) is 8.20. The second kappa shape index (κ2) is 9.74. The molecule has 1 N–H and O–H groups in total. The number of Topliss-reactive ketones (excluding diaryl/α,β-unsaturated/α-hetero) is 1. The molecule has 0 bridgehead atoms. The minimum Gasteiger partial charge on any atom is -0.449 e. The predicted molar refractivity (Wildman–Crippen MR) is 113 cm³/mol. The van der Waals surface area contributed by atoms with Crippen LogP contribution in [0.15, 0.2) is 53.4 Å². The van der Waals surface area contributed by atoms with Crippen molar-refractivity contribution in [2.75, 3.05) is 5.75 Å². The number of fused-ring (bicyclic) bond motifs is 1. The van der Waals surface area contributed by atoms with Gasteiger partial charge in [0.1, 0.15) is 5.78 Å². The van der Waals surface area contributed by atoms with E-state index in [9.17, 15) is 14.4 Å². The van der Waals surface area contributed by atoms with Crippen LogP contribution in [0.25, 0.3) is 0 Å². The Labute approximate surface area is 175 Å². The largest absolute Gasteiger partial charge is 0.449 e. The number of nitrogens with one attached hydrogen (secondary N) is 1. The van der Waals surface area contributed by atoms with Gasteiger partial charge in [0.2, 0.25) is 0 Å². The Balaban J connectivity index is 1.63. The summed E-state index contributed by atoms with van der Waals surface area (Å²) >= 11 is 1.29. The van der Waals surface area contributed by atoms with Crippen molar-refractivity contribution in [1.29, 1.82) is 0 Å². The zero-order chi connectivity index (χ0) is 20.8. The topological polar surface area (TPSA) is 72.5 Å². The van der Waals surface area contributed by atoms with Crippen molar-refractivity contribution in [2.45, 2.75) is 50.2 Å². The molecular formula is C23H25NO4S. The van der Waals surface area contributed by atoms with Crippen molar-refractivity contribution in [3.63, 3.8) is 0 Å². The summed E-state index contributed by atoms with van der Waals surface area (Å²) < 4.78 is 5.43. The number of esters is 1. The van der Waals surface area contributed by atoms with E-state index in [1.807, 2.05) is 18.2 Å². The van der Waals surface area contributed by atoms with E-state index in [2.05, 4.69) is 11.4 Å². The van der Waals surface area contributed by atoms with E-state index < -0.39 is 12.1 Å². The summed E-state index contributed by atoms with van der Waals surface area (Å²) in [5.74, 6) is -0.572. The number of aryl methyl sites for hydroxylation is 1. The molecule has 1 aliphatic carbocycles. The van der Waals surface area contributed by atoms with Crippen LogP contribution in [-0.2, 0) is 20.7 Å². The van der Waals surface area contributed by atoms with Gasteiger partial charge in [-0.15, -0.1) is 11.8 Å². The number of ether oxygens (including phenoxy) is 1. The standard InChI is InChI=1S/C23H25NO4S/c1-15(25)14-29-21-13-6-5-11-19(21)23(27)28-16(2)22(26)24-20-12-7-9-17-8-3-4-10-18(17)20/h3-6,8,10-11,13,16,20H,7,9,12,14H2,1-2H3,(H,24,26)/t16-,20-/m1/s1. The molecule has 2 aromatic carbocycles. The number of rotatable bonds is 7. The molecule has 3 rings (SSSR count). The number of carbonyl (C=O) groups excluding carboxylic acids is 3. The number of thioether (sulfide) groups is 1. The maximum Gasteiger partial charge on any atom is 0.340 e. The monoisotopic (exact) mass is 411 g/mol. The van der Waals surface area contributed by atoms with Crippen molar-refractivity contribution in [3.05, 3.63) is 65.2 Å². The van der Waals surface area contributed by atoms with E-state index in [4.69, 9.17) is 4.74 Å². The van der Waals surface area contributed by atoms with Crippen molar-refractivity contribution < 1.29 is 19.1 Å². The van der Waals surface area contributed by atoms with Gasteiger partial charge in [-0.1, -0.05) is 36.4 Å². The van der Waals surface area contributed by atoms with E-state index in [0.717, 1.165) is 24.8 Å². The molecule has 2 atom stereocenters. The first-order valence-corrected chi connectivity index (χ1v) is 10.7. The lowest BCUT2D eigenvalue weighted by molar-refractivity contribution is -0.130. The van der Waals surface area contributed by atoms with E-state index in [0.29, 0.717) is 10.5 Å². The maximum atomic E-state index is 12.6. The van der Waals surface area contributed by atoms with Gasteiger partial charge < -0.3 is 10.1 Å². The summed E-state index contributed by atoms with van der Waals surface area (Å²) in [5, 5.41) is 3.02. The van der Waals surface area contributed by atoms with Crippen molar-refractivity contribution in [3.8, 4) is 0 Å². The number of ketones is 1. The van der Waals surface area contributed by atoms with E-state index in [-0.39, 0.29) is 23.5 Å². The predicted octanol–water partition coefficient (Wildman–Crippen LogP) is 4.11. The summed E-state index contributed by atoms with van der Waals surface area (Å²) in [5.41, 5.74) is 2.75. The van der Waals surface area contributed by atoms with Crippen LogP contribution >= 0.6 is 11.8 Å². The molecule has 0 fully saturated rings. The third kappa shape index (κ3) is 5.48. The van der Waals surface area contributed by atoms with E-state index >= 15 is 0 Å². The third-order valence-corrected chi connectivity index (χ3v) is 6.09. The number of carbonyl (C=O) groups is 3. The quantitative estimate of drug-likeness (QED) is 0.548. The minimum absolute atomic E-state index is 0.0266. The zero-order valence-electron chi connectivity index (χ0n) is 16.6. The lowest BCUT2D eigenvalue weighted by atomic mass is 9.87. The Bertz CT molecular complexity index is 911.